The number of halogens is 1. The minimum atomic E-state index is -4.36. The van der Waals surface area contributed by atoms with Crippen molar-refractivity contribution in [1.29, 1.82) is 0 Å². The van der Waals surface area contributed by atoms with Crippen molar-refractivity contribution in [2.45, 2.75) is 75.9 Å². The molecule has 5 rings (SSSR count). The summed E-state index contributed by atoms with van der Waals surface area (Å²) in [5.41, 5.74) is 3.57. The molecule has 3 aromatic rings. The molecule has 17 heteroatoms. The summed E-state index contributed by atoms with van der Waals surface area (Å²) in [6, 6.07) is 7.13. The largest absolute Gasteiger partial charge is 0.462 e. The van der Waals surface area contributed by atoms with E-state index in [1.807, 2.05) is 0 Å². The van der Waals surface area contributed by atoms with E-state index in [4.69, 9.17) is 24.3 Å². The van der Waals surface area contributed by atoms with Crippen LogP contribution >= 0.6 is 7.75 Å². The monoisotopic (exact) mass is 623 g/mol. The fraction of sp³-hybridized carbons (Fsp3) is 0.538. The van der Waals surface area contributed by atoms with Gasteiger partial charge in [0.05, 0.1) is 25.6 Å². The van der Waals surface area contributed by atoms with Crippen LogP contribution in [0, 0.1) is 0 Å². The molecular weight excluding hydrogens is 588 g/mol. The van der Waals surface area contributed by atoms with Crippen molar-refractivity contribution in [3.8, 4) is 5.75 Å². The molecule has 1 aliphatic heterocycles. The third kappa shape index (κ3) is 6.74. The van der Waals surface area contributed by atoms with Crippen molar-refractivity contribution in [3.63, 3.8) is 0 Å². The third-order valence-electron chi connectivity index (χ3n) is 6.84. The number of alkyl halides is 1. The number of aliphatic hydroxyl groups excluding tert-OH is 2. The summed E-state index contributed by atoms with van der Waals surface area (Å²) in [5.74, 6) is -0.286. The molecule has 2 aromatic heterocycles. The molecule has 1 saturated heterocycles. The lowest BCUT2D eigenvalue weighted by atomic mass is 9.97. The first-order valence-electron chi connectivity index (χ1n) is 13.8. The van der Waals surface area contributed by atoms with Crippen LogP contribution in [0.25, 0.3) is 11.2 Å². The van der Waals surface area contributed by atoms with Gasteiger partial charge in [0.15, 0.2) is 23.2 Å². The van der Waals surface area contributed by atoms with E-state index in [1.165, 1.54) is 30.0 Å². The Morgan fingerprint density at radius 3 is 2.65 bits per heavy atom. The number of hydrogen-bond donors (Lipinski definition) is 5. The molecule has 3 heterocycles. The van der Waals surface area contributed by atoms with E-state index in [2.05, 4.69) is 25.4 Å². The van der Waals surface area contributed by atoms with Crippen LogP contribution in [0.1, 0.15) is 39.8 Å². The van der Waals surface area contributed by atoms with Crippen molar-refractivity contribution >= 4 is 36.6 Å². The number of anilines is 2. The van der Waals surface area contributed by atoms with Gasteiger partial charge >= 0.3 is 13.7 Å². The Morgan fingerprint density at radius 2 is 2.00 bits per heavy atom. The number of carbonyl (C=O) groups is 1. The second-order valence-electron chi connectivity index (χ2n) is 10.8. The average Bonchev–Trinajstić information content (AvgIpc) is 3.62. The van der Waals surface area contributed by atoms with Gasteiger partial charge in [0.25, 0.3) is 0 Å². The Morgan fingerprint density at radius 1 is 1.28 bits per heavy atom. The zero-order chi connectivity index (χ0) is 30.9. The summed E-state index contributed by atoms with van der Waals surface area (Å²) < 4.78 is 53.5. The molecule has 2 fully saturated rings. The maximum absolute atomic E-state index is 16.3. The van der Waals surface area contributed by atoms with Gasteiger partial charge in [-0.3, -0.25) is 13.9 Å². The molecule has 0 spiro atoms. The minimum absolute atomic E-state index is 0.0977. The van der Waals surface area contributed by atoms with Gasteiger partial charge in [-0.2, -0.15) is 15.1 Å². The van der Waals surface area contributed by atoms with E-state index in [0.717, 1.165) is 12.8 Å². The highest BCUT2D eigenvalue weighted by molar-refractivity contribution is 7.52. The number of esters is 1. The van der Waals surface area contributed by atoms with Gasteiger partial charge in [0, 0.05) is 6.04 Å². The first kappa shape index (κ1) is 31.0. The first-order valence-corrected chi connectivity index (χ1v) is 15.3. The van der Waals surface area contributed by atoms with E-state index < -0.39 is 63.2 Å². The van der Waals surface area contributed by atoms with Crippen LogP contribution in [0.5, 0.6) is 5.75 Å². The summed E-state index contributed by atoms with van der Waals surface area (Å²) in [7, 11) is -4.36. The predicted molar refractivity (Wildman–Crippen MR) is 152 cm³/mol. The van der Waals surface area contributed by atoms with Crippen molar-refractivity contribution in [2.75, 3.05) is 24.3 Å². The van der Waals surface area contributed by atoms with Crippen LogP contribution in [-0.2, 0) is 23.4 Å². The van der Waals surface area contributed by atoms with Crippen LogP contribution in [0.15, 0.2) is 36.7 Å². The number of aliphatic hydroxyl groups is 2. The van der Waals surface area contributed by atoms with Crippen molar-refractivity contribution in [2.24, 2.45) is 0 Å². The van der Waals surface area contributed by atoms with Crippen molar-refractivity contribution in [1.82, 2.24) is 24.6 Å². The molecule has 0 unspecified atom stereocenters. The molecule has 1 saturated carbocycles. The van der Waals surface area contributed by atoms with Crippen LogP contribution < -0.4 is 20.7 Å². The number of aromatic nitrogens is 4. The van der Waals surface area contributed by atoms with E-state index in [-0.39, 0.29) is 23.4 Å². The first-order chi connectivity index (χ1) is 20.4. The average molecular weight is 624 g/mol. The number of nitrogens with two attached hydrogens (primary N) is 1. The number of imidazole rings is 1. The molecule has 43 heavy (non-hydrogen) atoms. The lowest BCUT2D eigenvalue weighted by Crippen LogP contribution is -2.46. The fourth-order valence-corrected chi connectivity index (χ4v) is 6.04. The molecule has 1 aliphatic carbocycles. The number of nitrogens with one attached hydrogen (secondary N) is 2. The van der Waals surface area contributed by atoms with Gasteiger partial charge in [-0.1, -0.05) is 18.2 Å². The number of nitrogen functional groups attached to an aromatic ring is 1. The lowest BCUT2D eigenvalue weighted by Gasteiger charge is -2.27. The van der Waals surface area contributed by atoms with Crippen LogP contribution in [-0.4, -0.2) is 85.0 Å². The minimum Gasteiger partial charge on any atom is -0.462 e. The maximum atomic E-state index is 16.3. The summed E-state index contributed by atoms with van der Waals surface area (Å²) in [5, 5.41) is 26.8. The number of benzene rings is 1. The Balaban J connectivity index is 1.38. The molecule has 0 radical (unpaired) electrons. The molecule has 2 aliphatic rings. The molecule has 0 amide bonds. The van der Waals surface area contributed by atoms with Gasteiger partial charge in [0.1, 0.15) is 24.0 Å². The van der Waals surface area contributed by atoms with E-state index in [0.29, 0.717) is 11.3 Å². The van der Waals surface area contributed by atoms with Crippen LogP contribution in [0.3, 0.4) is 0 Å². The summed E-state index contributed by atoms with van der Waals surface area (Å²) in [6.07, 6.45) is -2.30. The Labute approximate surface area is 246 Å². The highest BCUT2D eigenvalue weighted by Gasteiger charge is 2.59. The lowest BCUT2D eigenvalue weighted by molar-refractivity contribution is -0.149. The third-order valence-corrected chi connectivity index (χ3v) is 8.49. The number of para-hydroxylation sites is 1. The van der Waals surface area contributed by atoms with Gasteiger partial charge in [0.2, 0.25) is 11.6 Å². The summed E-state index contributed by atoms with van der Waals surface area (Å²) in [6.45, 7) is 2.93. The Kier molecular flexibility index (Phi) is 8.88. The zero-order valence-electron chi connectivity index (χ0n) is 23.8. The van der Waals surface area contributed by atoms with Gasteiger partial charge < -0.3 is 35.3 Å². The van der Waals surface area contributed by atoms with Gasteiger partial charge in [-0.25, -0.2) is 13.9 Å². The molecule has 6 atom stereocenters. The number of rotatable bonds is 13. The zero-order valence-corrected chi connectivity index (χ0v) is 24.7. The Bertz CT molecular complexity index is 1490. The quantitative estimate of drug-likeness (QED) is 0.137. The number of fused-ring (bicyclic) bond motifs is 1. The van der Waals surface area contributed by atoms with E-state index in [1.54, 1.807) is 32.0 Å². The smallest absolute Gasteiger partial charge is 0.459 e. The van der Waals surface area contributed by atoms with Gasteiger partial charge in [-0.15, -0.1) is 0 Å². The number of carbonyl (C=O) groups excluding carboxylic acids is 1. The normalized spacial score (nSPS) is 25.9. The Hall–Kier alpha value is -3.40. The van der Waals surface area contributed by atoms with Crippen LogP contribution in [0.4, 0.5) is 16.2 Å². The number of nitrogens with zero attached hydrogens (tertiary/aromatic N) is 4. The second-order valence-corrected chi connectivity index (χ2v) is 12.5. The van der Waals surface area contributed by atoms with Crippen molar-refractivity contribution < 1.29 is 42.5 Å². The predicted octanol–water partition coefficient (Wildman–Crippen LogP) is 2.08. The van der Waals surface area contributed by atoms with Crippen molar-refractivity contribution in [3.05, 3.63) is 36.7 Å². The fourth-order valence-electron chi connectivity index (χ4n) is 4.54. The maximum Gasteiger partial charge on any atom is 0.459 e. The molecule has 234 valence electrons. The SMILES string of the molecule is CC(C)OC(=O)[C@@H](C)N[P@@](=O)(OC[C@H]1O[C@@H](n2cnc3c(NC4CC4)nc(N)nc32)[C@@](F)(CO)[C@@H]1O)Oc1ccccc1. The van der Waals surface area contributed by atoms with Gasteiger partial charge in [-0.05, 0) is 45.7 Å². The molecular formula is C26H35FN7O8P. The number of hydrogen-bond acceptors (Lipinski definition) is 13. The van der Waals surface area contributed by atoms with Crippen LogP contribution in [0.2, 0.25) is 0 Å². The number of ether oxygens (including phenoxy) is 2. The van der Waals surface area contributed by atoms with E-state index in [9.17, 15) is 19.6 Å². The highest BCUT2D eigenvalue weighted by Crippen LogP contribution is 2.48. The standard InChI is InChI=1S/C26H35FN7O8P/c1-14(2)40-23(37)15(3)33-43(38,42-17-7-5-4-6-8-17)39-11-18-20(36)26(27,12-35)24(41-18)34-13-29-19-21(30-16-9-10-16)31-25(28)32-22(19)34/h4-8,13-16,18,20,24,35-36H,9-12H2,1-3H3,(H,33,38)(H3,28,30,31,32)/t15-,18-,20-,24-,26-,43-/m1/s1. The topological polar surface area (TPSA) is 205 Å². The highest BCUT2D eigenvalue weighted by atomic mass is 31.2. The summed E-state index contributed by atoms with van der Waals surface area (Å²) in [4.78, 5) is 25.1. The van der Waals surface area contributed by atoms with E-state index >= 15 is 4.39 Å². The molecule has 6 N–H and O–H groups in total. The second kappa shape index (κ2) is 12.3. The molecule has 1 aromatic carbocycles. The molecule has 0 bridgehead atoms. The molecule has 15 nitrogen and oxygen atoms in total. The summed E-state index contributed by atoms with van der Waals surface area (Å²) >= 11 is 0.